The van der Waals surface area contributed by atoms with Crippen molar-refractivity contribution in [1.82, 2.24) is 9.55 Å². The summed E-state index contributed by atoms with van der Waals surface area (Å²) in [5.41, 5.74) is 21.1. The SMILES string of the molecule is N=Cc1ccc(NC(=O)c2ccc3c(c2)nc(-c2ccc(Cl)cc2N)n3C2(C(N)=O)CC2)cc1N. The predicted molar refractivity (Wildman–Crippen MR) is 138 cm³/mol. The van der Waals surface area contributed by atoms with E-state index in [1.54, 1.807) is 54.6 Å². The zero-order chi connectivity index (χ0) is 24.9. The number of halogens is 1. The molecule has 1 aliphatic carbocycles. The Hall–Kier alpha value is -4.37. The van der Waals surface area contributed by atoms with E-state index in [0.717, 1.165) is 6.21 Å². The first-order valence-electron chi connectivity index (χ1n) is 10.8. The molecule has 8 N–H and O–H groups in total. The number of rotatable bonds is 6. The van der Waals surface area contributed by atoms with Crippen molar-refractivity contribution in [2.45, 2.75) is 18.4 Å². The third kappa shape index (κ3) is 3.75. The zero-order valence-corrected chi connectivity index (χ0v) is 19.3. The second kappa shape index (κ2) is 8.14. The number of nitrogens with one attached hydrogen (secondary N) is 2. The molecule has 0 spiro atoms. The van der Waals surface area contributed by atoms with Crippen molar-refractivity contribution in [1.29, 1.82) is 5.41 Å². The number of nitrogen functional groups attached to an aromatic ring is 2. The van der Waals surface area contributed by atoms with Gasteiger partial charge in [0.2, 0.25) is 5.91 Å². The van der Waals surface area contributed by atoms with Crippen molar-refractivity contribution in [2.24, 2.45) is 5.73 Å². The van der Waals surface area contributed by atoms with Crippen LogP contribution in [0.5, 0.6) is 0 Å². The normalized spacial score (nSPS) is 14.0. The van der Waals surface area contributed by atoms with Crippen LogP contribution in [-0.2, 0) is 10.3 Å². The van der Waals surface area contributed by atoms with Crippen LogP contribution in [0.15, 0.2) is 54.6 Å². The number of benzene rings is 3. The van der Waals surface area contributed by atoms with E-state index in [4.69, 9.17) is 39.2 Å². The highest BCUT2D eigenvalue weighted by atomic mass is 35.5. The molecule has 1 aromatic heterocycles. The van der Waals surface area contributed by atoms with E-state index in [2.05, 4.69) is 5.32 Å². The highest BCUT2D eigenvalue weighted by Gasteiger charge is 2.52. The lowest BCUT2D eigenvalue weighted by atomic mass is 10.1. The molecule has 5 rings (SSSR count). The largest absolute Gasteiger partial charge is 0.398 e. The molecule has 10 heteroatoms. The Bertz CT molecular complexity index is 1540. The Morgan fingerprint density at radius 1 is 1.06 bits per heavy atom. The third-order valence-electron chi connectivity index (χ3n) is 6.28. The number of hydrogen-bond donors (Lipinski definition) is 5. The maximum atomic E-state index is 13.0. The quantitative estimate of drug-likeness (QED) is 0.206. The van der Waals surface area contributed by atoms with Gasteiger partial charge < -0.3 is 32.5 Å². The van der Waals surface area contributed by atoms with Gasteiger partial charge in [-0.1, -0.05) is 11.6 Å². The molecular weight excluding hydrogens is 466 g/mol. The summed E-state index contributed by atoms with van der Waals surface area (Å²) in [6.45, 7) is 0. The molecule has 0 atom stereocenters. The predicted octanol–water partition coefficient (Wildman–Crippen LogP) is 3.75. The molecule has 1 fully saturated rings. The van der Waals surface area contributed by atoms with E-state index in [1.165, 1.54) is 0 Å². The minimum atomic E-state index is -0.895. The molecular formula is C25H22ClN7O2. The van der Waals surface area contributed by atoms with Crippen molar-refractivity contribution < 1.29 is 9.59 Å². The van der Waals surface area contributed by atoms with Crippen molar-refractivity contribution in [3.8, 4) is 11.4 Å². The van der Waals surface area contributed by atoms with Gasteiger partial charge in [-0.15, -0.1) is 0 Å². The molecule has 9 nitrogen and oxygen atoms in total. The number of nitrogens with two attached hydrogens (primary N) is 3. The average molecular weight is 488 g/mol. The van der Waals surface area contributed by atoms with Gasteiger partial charge in [0.15, 0.2) is 0 Å². The summed E-state index contributed by atoms with van der Waals surface area (Å²) in [4.78, 5) is 30.1. The van der Waals surface area contributed by atoms with E-state index in [1.807, 2.05) is 4.57 Å². The average Bonchev–Trinajstić information content (AvgIpc) is 3.54. The highest BCUT2D eigenvalue weighted by Crippen LogP contribution is 2.48. The molecule has 1 aliphatic rings. The van der Waals surface area contributed by atoms with Gasteiger partial charge >= 0.3 is 0 Å². The summed E-state index contributed by atoms with van der Waals surface area (Å²) in [7, 11) is 0. The van der Waals surface area contributed by atoms with Gasteiger partial charge in [0.1, 0.15) is 11.4 Å². The Balaban J connectivity index is 1.59. The first-order valence-corrected chi connectivity index (χ1v) is 11.2. The first kappa shape index (κ1) is 22.4. The summed E-state index contributed by atoms with van der Waals surface area (Å²) in [6, 6.07) is 15.1. The highest BCUT2D eigenvalue weighted by molar-refractivity contribution is 6.31. The molecule has 1 heterocycles. The van der Waals surface area contributed by atoms with E-state index in [9.17, 15) is 9.59 Å². The van der Waals surface area contributed by atoms with Gasteiger partial charge in [0, 0.05) is 45.0 Å². The minimum absolute atomic E-state index is 0.355. The summed E-state index contributed by atoms with van der Waals surface area (Å²) >= 11 is 6.08. The van der Waals surface area contributed by atoms with Gasteiger partial charge in [-0.3, -0.25) is 9.59 Å². The van der Waals surface area contributed by atoms with Crippen LogP contribution in [-0.4, -0.2) is 27.6 Å². The number of fused-ring (bicyclic) bond motifs is 1. The van der Waals surface area contributed by atoms with E-state index in [-0.39, 0.29) is 5.91 Å². The Morgan fingerprint density at radius 2 is 1.83 bits per heavy atom. The number of anilines is 3. The van der Waals surface area contributed by atoms with Gasteiger partial charge in [0.05, 0.1) is 11.0 Å². The molecule has 0 bridgehead atoms. The van der Waals surface area contributed by atoms with Crippen molar-refractivity contribution in [3.05, 3.63) is 70.7 Å². The smallest absolute Gasteiger partial charge is 0.255 e. The maximum Gasteiger partial charge on any atom is 0.255 e. The first-order chi connectivity index (χ1) is 16.7. The molecule has 176 valence electrons. The number of primary amides is 1. The van der Waals surface area contributed by atoms with E-state index >= 15 is 0 Å². The number of nitrogens with zero attached hydrogens (tertiary/aromatic N) is 2. The second-order valence-corrected chi connectivity index (χ2v) is 8.98. The van der Waals surface area contributed by atoms with Crippen LogP contribution in [0.3, 0.4) is 0 Å². The fourth-order valence-corrected chi connectivity index (χ4v) is 4.44. The molecule has 0 saturated heterocycles. The van der Waals surface area contributed by atoms with Crippen LogP contribution >= 0.6 is 11.6 Å². The molecule has 3 aromatic carbocycles. The minimum Gasteiger partial charge on any atom is -0.398 e. The Labute approximate surface area is 205 Å². The van der Waals surface area contributed by atoms with Crippen molar-refractivity contribution >= 4 is 57.7 Å². The number of hydrogen-bond acceptors (Lipinski definition) is 6. The van der Waals surface area contributed by atoms with Gasteiger partial charge in [0.25, 0.3) is 5.91 Å². The van der Waals surface area contributed by atoms with Crippen LogP contribution in [0.2, 0.25) is 5.02 Å². The molecule has 0 aliphatic heterocycles. The summed E-state index contributed by atoms with van der Waals surface area (Å²) < 4.78 is 1.82. The standard InChI is InChI=1S/C25H22ClN7O2/c26-15-3-5-17(19(29)10-15)22-32-20-9-13(2-6-21(20)33(22)25(7-8-25)24(30)35)23(34)31-16-4-1-14(12-27)18(28)11-16/h1-6,9-12,27H,7-8,28-29H2,(H2,30,35)(H,31,34). The second-order valence-electron chi connectivity index (χ2n) is 8.54. The monoisotopic (exact) mass is 487 g/mol. The van der Waals surface area contributed by atoms with Gasteiger partial charge in [-0.25, -0.2) is 4.98 Å². The summed E-state index contributed by atoms with van der Waals surface area (Å²) in [5, 5.41) is 10.6. The van der Waals surface area contributed by atoms with E-state index in [0.29, 0.717) is 68.5 Å². The van der Waals surface area contributed by atoms with Gasteiger partial charge in [-0.05, 0) is 67.4 Å². The van der Waals surface area contributed by atoms with Crippen LogP contribution in [0.4, 0.5) is 17.1 Å². The lowest BCUT2D eigenvalue weighted by Crippen LogP contribution is -2.34. The maximum absolute atomic E-state index is 13.0. The number of aromatic nitrogens is 2. The molecule has 35 heavy (non-hydrogen) atoms. The topological polar surface area (TPSA) is 166 Å². The lowest BCUT2D eigenvalue weighted by Gasteiger charge is -2.18. The fraction of sp³-hybridized carbons (Fsp3) is 0.120. The molecule has 4 aromatic rings. The molecule has 0 radical (unpaired) electrons. The van der Waals surface area contributed by atoms with Crippen molar-refractivity contribution in [3.63, 3.8) is 0 Å². The van der Waals surface area contributed by atoms with Crippen LogP contribution in [0, 0.1) is 5.41 Å². The summed E-state index contributed by atoms with van der Waals surface area (Å²) in [6.07, 6.45) is 2.32. The molecule has 1 saturated carbocycles. The Morgan fingerprint density at radius 3 is 2.46 bits per heavy atom. The van der Waals surface area contributed by atoms with Crippen molar-refractivity contribution in [2.75, 3.05) is 16.8 Å². The van der Waals surface area contributed by atoms with E-state index < -0.39 is 11.4 Å². The third-order valence-corrected chi connectivity index (χ3v) is 6.52. The number of carbonyl (C=O) groups excluding carboxylic acids is 2. The zero-order valence-electron chi connectivity index (χ0n) is 18.5. The Kier molecular flexibility index (Phi) is 5.21. The lowest BCUT2D eigenvalue weighted by molar-refractivity contribution is -0.122. The number of amides is 2. The van der Waals surface area contributed by atoms with Gasteiger partial charge in [-0.2, -0.15) is 0 Å². The number of imidazole rings is 1. The summed E-state index contributed by atoms with van der Waals surface area (Å²) in [5.74, 6) is -0.316. The van der Waals surface area contributed by atoms with Crippen LogP contribution < -0.4 is 22.5 Å². The van der Waals surface area contributed by atoms with Crippen LogP contribution in [0.1, 0.15) is 28.8 Å². The molecule has 0 unspecified atom stereocenters. The van der Waals surface area contributed by atoms with Crippen LogP contribution in [0.25, 0.3) is 22.4 Å². The fourth-order valence-electron chi connectivity index (χ4n) is 4.26. The molecule has 2 amide bonds. The number of carbonyl (C=O) groups is 2.